The Labute approximate surface area is 734 Å². The zero-order chi connectivity index (χ0) is 91.5. The van der Waals surface area contributed by atoms with Crippen molar-refractivity contribution >= 4 is 94.6 Å². The van der Waals surface area contributed by atoms with Gasteiger partial charge in [0.1, 0.15) is 34.9 Å². The van der Waals surface area contributed by atoms with E-state index in [1.807, 2.05) is 18.2 Å². The number of anilines is 6. The first-order valence-corrected chi connectivity index (χ1v) is 47.1. The van der Waals surface area contributed by atoms with E-state index < -0.39 is 59.4 Å². The van der Waals surface area contributed by atoms with Crippen LogP contribution in [0, 0.1) is 17.8 Å². The SMILES string of the molecule is C=CC(=O)OCC.C=CCC1CC[C@@H]2CN(c3nc(C(C)(C)C)ccc3C(=O)NS(=O)(=O)c3cccc(n3)N1)C(C)(C)C2.CC(C)(O)/C=C/CC1CC[C@@H]2CN(c3nc(C(C)(C)C)ccc3C(=O)NS(=O)(=O)c3cccc(n3)N1)C(C)(C)C2.CCOC(=O)/C=C/CC1CC[C@@H]2CN(c3nc(C(C)(C)C)ccc3C(=O)NS(=O)(=O)c3cccc(n3)N1)C(C)(C)C2. The second-order valence-electron chi connectivity index (χ2n) is 38.2. The van der Waals surface area contributed by atoms with Gasteiger partial charge in [-0.2, -0.15) is 25.3 Å². The number of carbonyl (C=O) groups excluding carboxylic acids is 5. The normalized spacial score (nSPS) is 22.0. The van der Waals surface area contributed by atoms with Crippen LogP contribution >= 0.6 is 0 Å². The van der Waals surface area contributed by atoms with E-state index in [-0.39, 0.29) is 88.7 Å². The van der Waals surface area contributed by atoms with Gasteiger partial charge in [0.2, 0.25) is 0 Å². The van der Waals surface area contributed by atoms with Gasteiger partial charge in [-0.25, -0.2) is 53.7 Å². The van der Waals surface area contributed by atoms with Crippen LogP contribution in [0.4, 0.5) is 34.9 Å². The predicted octanol–water partition coefficient (Wildman–Crippen LogP) is 14.8. The van der Waals surface area contributed by atoms with Crippen LogP contribution in [0.3, 0.4) is 0 Å². The number of sulfonamides is 3. The van der Waals surface area contributed by atoms with Gasteiger partial charge in [-0.1, -0.05) is 111 Å². The molecular weight excluding hydrogens is 1640 g/mol. The molecule has 12 bridgehead atoms. The molecule has 0 saturated carbocycles. The molecule has 0 radical (unpaired) electrons. The van der Waals surface area contributed by atoms with Gasteiger partial charge in [0.15, 0.2) is 15.1 Å². The largest absolute Gasteiger partial charge is 0.463 e. The molecule has 0 spiro atoms. The average molecular weight is 1770 g/mol. The molecule has 6 aromatic rings. The molecule has 3 saturated heterocycles. The van der Waals surface area contributed by atoms with Gasteiger partial charge in [0.25, 0.3) is 47.8 Å². The van der Waals surface area contributed by atoms with E-state index in [0.29, 0.717) is 91.8 Å². The fraction of sp³-hybridized carbons (Fsp3) is 0.533. The summed E-state index contributed by atoms with van der Waals surface area (Å²) in [5, 5.41) is 19.5. The molecule has 674 valence electrons. The number of nitrogens with one attached hydrogen (secondary N) is 6. The van der Waals surface area contributed by atoms with E-state index >= 15 is 0 Å². The summed E-state index contributed by atoms with van der Waals surface area (Å²) in [6.45, 7) is 48.4. The highest BCUT2D eigenvalue weighted by Gasteiger charge is 2.46. The number of aromatic nitrogens is 6. The third kappa shape index (κ3) is 26.0. The molecule has 7 N–H and O–H groups in total. The van der Waals surface area contributed by atoms with Crippen molar-refractivity contribution < 1.29 is 63.8 Å². The third-order valence-corrected chi connectivity index (χ3v) is 26.3. The molecule has 32 heteroatoms. The minimum absolute atomic E-state index is 0.0289. The minimum Gasteiger partial charge on any atom is -0.463 e. The zero-order valence-corrected chi connectivity index (χ0v) is 78.0. The number of amides is 3. The van der Waals surface area contributed by atoms with E-state index in [1.54, 1.807) is 107 Å². The standard InChI is InChI=1S/C30H41N5O5S.C30H43N5O4S.C27H37N5O3S.C5H8O2/c1-7-40-26(36)13-8-10-21-15-14-20-18-30(5,6)35(19-20)27-22(16-17-23(32-27)29(2,3)4)28(37)34-41(38,39)25-12-9-11-24(31-21)33-25;1-28(2,3)23-16-15-22-26(32-23)35-19-20(18-29(35,4)5)13-14-21(10-9-17-30(6,7)37)31-24-11-8-12-25(33-24)40(38,39)34-27(22)36;1-7-9-19-13-12-18-16-27(5,6)32(17-18)24-20(14-15-21(29-24)26(2,3)4)25(33)31-36(34,35)23-11-8-10-22(28-19)30-23;1-3-5(6)7-4-2/h8-9,11-13,16-17,20-21H,7,10,14-15,18-19H2,1-6H3,(H,31,33)(H,34,37);8-9,11-12,15-17,20-21,37H,10,13-14,18-19H2,1-7H3,(H,31,33)(H,34,36);7-8,10-11,14-15,18-19H,1,9,12-13,16-17H2,2-6H3,(H,28,30)(H,31,33);3H,1,4H2,2H3/b13-8+;17-9+;;/t2*20-,21?;18-,19?;/m000./s1. The van der Waals surface area contributed by atoms with E-state index in [0.717, 1.165) is 93.9 Å². The monoisotopic (exact) mass is 1760 g/mol. The van der Waals surface area contributed by atoms with E-state index in [2.05, 4.69) is 182 Å². The number of esters is 2. The molecule has 0 aliphatic carbocycles. The number of ether oxygens (including phenoxy) is 2. The molecule has 124 heavy (non-hydrogen) atoms. The summed E-state index contributed by atoms with van der Waals surface area (Å²) >= 11 is 0. The number of rotatable bonds is 11. The summed E-state index contributed by atoms with van der Waals surface area (Å²) in [5.74, 6) is 0.876. The lowest BCUT2D eigenvalue weighted by molar-refractivity contribution is -0.138. The quantitative estimate of drug-likeness (QED) is 0.0360. The number of hydrogen-bond donors (Lipinski definition) is 7. The van der Waals surface area contributed by atoms with E-state index in [1.165, 1.54) is 24.3 Å². The molecule has 3 unspecified atom stereocenters. The summed E-state index contributed by atoms with van der Waals surface area (Å²) in [6, 6.07) is 24.5. The van der Waals surface area contributed by atoms with Gasteiger partial charge in [-0.15, -0.1) is 6.58 Å². The lowest BCUT2D eigenvalue weighted by atomic mass is 9.90. The van der Waals surface area contributed by atoms with Crippen LogP contribution in [-0.2, 0) is 65.4 Å². The highest BCUT2D eigenvalue weighted by molar-refractivity contribution is 7.90. The van der Waals surface area contributed by atoms with Crippen molar-refractivity contribution in [1.82, 2.24) is 44.1 Å². The van der Waals surface area contributed by atoms with Crippen LogP contribution in [0.15, 0.2) is 156 Å². The predicted molar refractivity (Wildman–Crippen MR) is 486 cm³/mol. The first kappa shape index (κ1) is 97.6. The average Bonchev–Trinajstić information content (AvgIpc) is 1.56. The Balaban J connectivity index is 0.000000203. The summed E-state index contributed by atoms with van der Waals surface area (Å²) in [4.78, 5) is 96.7. The third-order valence-electron chi connectivity index (χ3n) is 22.6. The minimum atomic E-state index is -4.28. The molecule has 29 nitrogen and oxygen atoms in total. The molecule has 3 amide bonds. The van der Waals surface area contributed by atoms with Crippen molar-refractivity contribution in [1.29, 1.82) is 0 Å². The van der Waals surface area contributed by atoms with Crippen molar-refractivity contribution in [2.75, 3.05) is 63.5 Å². The van der Waals surface area contributed by atoms with Gasteiger partial charge in [0.05, 0.1) is 35.5 Å². The lowest BCUT2D eigenvalue weighted by Crippen LogP contribution is -2.41. The first-order valence-electron chi connectivity index (χ1n) is 42.7. The van der Waals surface area contributed by atoms with Crippen LogP contribution in [0.2, 0.25) is 0 Å². The smallest absolute Gasteiger partial charge is 0.330 e. The second-order valence-corrected chi connectivity index (χ2v) is 43.1. The van der Waals surface area contributed by atoms with Crippen LogP contribution < -0.4 is 44.8 Å². The second kappa shape index (κ2) is 39.6. The van der Waals surface area contributed by atoms with Gasteiger partial charge < -0.3 is 45.2 Å². The van der Waals surface area contributed by atoms with E-state index in [9.17, 15) is 54.3 Å². The number of carbonyl (C=O) groups is 5. The number of aliphatic hydroxyl groups is 1. The zero-order valence-electron chi connectivity index (χ0n) is 75.5. The lowest BCUT2D eigenvalue weighted by Gasteiger charge is -2.34. The molecule has 3 fully saturated rings. The summed E-state index contributed by atoms with van der Waals surface area (Å²) in [7, 11) is -12.7. The van der Waals surface area contributed by atoms with E-state index in [4.69, 9.17) is 19.7 Å². The van der Waals surface area contributed by atoms with Crippen molar-refractivity contribution in [2.45, 2.75) is 280 Å². The number of nitrogens with zero attached hydrogens (tertiary/aromatic N) is 9. The number of pyridine rings is 6. The topological polar surface area (TPSA) is 386 Å². The summed E-state index contributed by atoms with van der Waals surface area (Å²) in [5.41, 5.74) is 0.665. The van der Waals surface area contributed by atoms with Crippen LogP contribution in [0.5, 0.6) is 0 Å². The van der Waals surface area contributed by atoms with Crippen molar-refractivity contribution in [2.24, 2.45) is 17.8 Å². The van der Waals surface area contributed by atoms with Crippen LogP contribution in [0.25, 0.3) is 0 Å². The van der Waals surface area contributed by atoms with Gasteiger partial charge in [-0.3, -0.25) is 14.4 Å². The first-order chi connectivity index (χ1) is 57.7. The van der Waals surface area contributed by atoms with Gasteiger partial charge in [0, 0.05) is 99.9 Å². The molecule has 12 heterocycles. The molecule has 6 aliphatic heterocycles. The van der Waals surface area contributed by atoms with Gasteiger partial charge >= 0.3 is 11.9 Å². The Morgan fingerprint density at radius 1 is 0.452 bits per heavy atom. The summed E-state index contributed by atoms with van der Waals surface area (Å²) < 4.78 is 95.7. The maximum absolute atomic E-state index is 13.5. The fourth-order valence-electron chi connectivity index (χ4n) is 16.4. The Morgan fingerprint density at radius 3 is 1.04 bits per heavy atom. The molecule has 6 aliphatic rings. The summed E-state index contributed by atoms with van der Waals surface area (Å²) in [6.07, 6.45) is 19.8. The highest BCUT2D eigenvalue weighted by atomic mass is 32.2. The maximum Gasteiger partial charge on any atom is 0.330 e. The number of fused-ring (bicyclic) bond motifs is 18. The molecule has 6 atom stereocenters. The molecule has 6 aromatic heterocycles. The van der Waals surface area contributed by atoms with Gasteiger partial charge in [-0.05, 0) is 237 Å². The van der Waals surface area contributed by atoms with Crippen LogP contribution in [0.1, 0.15) is 257 Å². The van der Waals surface area contributed by atoms with Crippen molar-refractivity contribution in [3.05, 3.63) is 174 Å². The van der Waals surface area contributed by atoms with Crippen molar-refractivity contribution in [3.8, 4) is 0 Å². The Hall–Kier alpha value is -10.2. The van der Waals surface area contributed by atoms with Crippen molar-refractivity contribution in [3.63, 3.8) is 0 Å². The highest BCUT2D eigenvalue weighted by Crippen LogP contribution is 2.45. The molecular formula is C92H129N15O14S3. The Morgan fingerprint density at radius 2 is 0.758 bits per heavy atom. The molecule has 12 rings (SSSR count). The van der Waals surface area contributed by atoms with Crippen LogP contribution in [-0.4, -0.2) is 163 Å². The Bertz CT molecular complexity index is 5300. The molecule has 0 aromatic carbocycles. The number of hydrogen-bond acceptors (Lipinski definition) is 26. The fourth-order valence-corrected chi connectivity index (χ4v) is 19.2. The Kier molecular flexibility index (Phi) is 31.2. The maximum atomic E-state index is 13.5.